The Kier molecular flexibility index (Phi) is 3.97. The second-order valence-electron chi connectivity index (χ2n) is 5.14. The lowest BCUT2D eigenvalue weighted by atomic mass is 10.1. The lowest BCUT2D eigenvalue weighted by Gasteiger charge is -2.11. The molecule has 4 heteroatoms. The number of methoxy groups -OCH3 is 1. The number of rotatable bonds is 3. The Bertz CT molecular complexity index is 697. The largest absolute Gasteiger partial charge is 0.496 e. The first-order valence-electron chi connectivity index (χ1n) is 6.94. The van der Waals surface area contributed by atoms with Gasteiger partial charge < -0.3 is 10.1 Å². The molecule has 0 saturated heterocycles. The molecule has 0 heterocycles. The third kappa shape index (κ3) is 2.95. The highest BCUT2D eigenvalue weighted by Crippen LogP contribution is 2.27. The van der Waals surface area contributed by atoms with E-state index in [1.807, 2.05) is 12.1 Å². The molecule has 1 N–H and O–H groups in total. The summed E-state index contributed by atoms with van der Waals surface area (Å²) >= 11 is 3.38. The van der Waals surface area contributed by atoms with E-state index < -0.39 is 0 Å². The molecule has 0 saturated carbocycles. The second kappa shape index (κ2) is 5.90. The summed E-state index contributed by atoms with van der Waals surface area (Å²) in [5, 5.41) is 2.95. The van der Waals surface area contributed by atoms with Gasteiger partial charge in [-0.1, -0.05) is 22.0 Å². The first-order chi connectivity index (χ1) is 10.2. The van der Waals surface area contributed by atoms with Crippen LogP contribution in [-0.2, 0) is 12.8 Å². The number of halogens is 1. The van der Waals surface area contributed by atoms with Crippen LogP contribution < -0.4 is 10.1 Å². The molecule has 0 fully saturated rings. The van der Waals surface area contributed by atoms with Crippen LogP contribution in [0.4, 0.5) is 5.69 Å². The predicted octanol–water partition coefficient (Wildman–Crippen LogP) is 4.20. The average Bonchev–Trinajstić information content (AvgIpc) is 2.94. The maximum absolute atomic E-state index is 12.4. The van der Waals surface area contributed by atoms with Gasteiger partial charge in [0.25, 0.3) is 5.91 Å². The first-order valence-corrected chi connectivity index (χ1v) is 7.73. The van der Waals surface area contributed by atoms with E-state index in [2.05, 4.69) is 33.4 Å². The van der Waals surface area contributed by atoms with E-state index in [0.717, 1.165) is 23.0 Å². The van der Waals surface area contributed by atoms with Crippen LogP contribution in [0.25, 0.3) is 0 Å². The SMILES string of the molecule is COc1cc(Br)ccc1C(=O)Nc1ccc2c(c1)CCC2. The molecule has 3 rings (SSSR count). The Hall–Kier alpha value is -1.81. The number of carbonyl (C=O) groups excluding carboxylic acids is 1. The molecule has 0 aromatic heterocycles. The van der Waals surface area contributed by atoms with E-state index in [9.17, 15) is 4.79 Å². The van der Waals surface area contributed by atoms with Crippen LogP contribution in [0.1, 0.15) is 27.9 Å². The molecule has 1 amide bonds. The van der Waals surface area contributed by atoms with Crippen molar-refractivity contribution in [2.75, 3.05) is 12.4 Å². The maximum atomic E-state index is 12.4. The Morgan fingerprint density at radius 2 is 1.95 bits per heavy atom. The van der Waals surface area contributed by atoms with Gasteiger partial charge >= 0.3 is 0 Å². The highest BCUT2D eigenvalue weighted by atomic mass is 79.9. The number of nitrogens with one attached hydrogen (secondary N) is 1. The molecule has 0 radical (unpaired) electrons. The molecule has 0 bridgehead atoms. The molecule has 3 nitrogen and oxygen atoms in total. The van der Waals surface area contributed by atoms with E-state index in [4.69, 9.17) is 4.74 Å². The Morgan fingerprint density at radius 3 is 2.76 bits per heavy atom. The van der Waals surface area contributed by atoms with Gasteiger partial charge in [-0.15, -0.1) is 0 Å². The van der Waals surface area contributed by atoms with Crippen molar-refractivity contribution >= 4 is 27.5 Å². The van der Waals surface area contributed by atoms with Gasteiger partial charge in [0.15, 0.2) is 0 Å². The van der Waals surface area contributed by atoms with Gasteiger partial charge in [-0.05, 0) is 60.7 Å². The fourth-order valence-corrected chi connectivity index (χ4v) is 3.04. The van der Waals surface area contributed by atoms with Gasteiger partial charge in [-0.25, -0.2) is 0 Å². The summed E-state index contributed by atoms with van der Waals surface area (Å²) in [7, 11) is 1.56. The fraction of sp³-hybridized carbons (Fsp3) is 0.235. The van der Waals surface area contributed by atoms with Crippen molar-refractivity contribution in [2.24, 2.45) is 0 Å². The minimum Gasteiger partial charge on any atom is -0.496 e. The Balaban J connectivity index is 1.83. The minimum absolute atomic E-state index is 0.155. The van der Waals surface area contributed by atoms with Crippen molar-refractivity contribution in [3.63, 3.8) is 0 Å². The number of anilines is 1. The van der Waals surface area contributed by atoms with Crippen molar-refractivity contribution in [1.29, 1.82) is 0 Å². The van der Waals surface area contributed by atoms with Gasteiger partial charge in [-0.2, -0.15) is 0 Å². The molecule has 108 valence electrons. The van der Waals surface area contributed by atoms with Crippen LogP contribution in [0.5, 0.6) is 5.75 Å². The molecule has 1 aliphatic rings. The smallest absolute Gasteiger partial charge is 0.259 e. The zero-order valence-electron chi connectivity index (χ0n) is 11.8. The first kappa shape index (κ1) is 14.1. The van der Waals surface area contributed by atoms with Crippen LogP contribution in [0.2, 0.25) is 0 Å². The zero-order chi connectivity index (χ0) is 14.8. The topological polar surface area (TPSA) is 38.3 Å². The van der Waals surface area contributed by atoms with E-state index in [-0.39, 0.29) is 5.91 Å². The molecule has 0 spiro atoms. The second-order valence-corrected chi connectivity index (χ2v) is 6.05. The highest BCUT2D eigenvalue weighted by molar-refractivity contribution is 9.10. The summed E-state index contributed by atoms with van der Waals surface area (Å²) in [5.74, 6) is 0.403. The molecular formula is C17H16BrNO2. The predicted molar refractivity (Wildman–Crippen MR) is 87.1 cm³/mol. The average molecular weight is 346 g/mol. The number of fused-ring (bicyclic) bond motifs is 1. The van der Waals surface area contributed by atoms with Gasteiger partial charge in [0, 0.05) is 10.2 Å². The number of benzene rings is 2. The maximum Gasteiger partial charge on any atom is 0.259 e. The van der Waals surface area contributed by atoms with Crippen molar-refractivity contribution in [1.82, 2.24) is 0 Å². The van der Waals surface area contributed by atoms with E-state index in [1.165, 1.54) is 17.5 Å². The van der Waals surface area contributed by atoms with Crippen LogP contribution in [-0.4, -0.2) is 13.0 Å². The summed E-state index contributed by atoms with van der Waals surface area (Å²) in [4.78, 5) is 12.4. The third-order valence-corrected chi connectivity index (χ3v) is 4.26. The highest BCUT2D eigenvalue weighted by Gasteiger charge is 2.15. The van der Waals surface area contributed by atoms with Gasteiger partial charge in [0.05, 0.1) is 12.7 Å². The molecule has 0 atom stereocenters. The lowest BCUT2D eigenvalue weighted by Crippen LogP contribution is -2.13. The molecule has 0 unspecified atom stereocenters. The number of ether oxygens (including phenoxy) is 1. The van der Waals surface area contributed by atoms with Gasteiger partial charge in [0.1, 0.15) is 5.75 Å². The number of aryl methyl sites for hydroxylation is 2. The summed E-state index contributed by atoms with van der Waals surface area (Å²) < 4.78 is 6.15. The lowest BCUT2D eigenvalue weighted by molar-refractivity contribution is 0.102. The fourth-order valence-electron chi connectivity index (χ4n) is 2.70. The summed E-state index contributed by atoms with van der Waals surface area (Å²) in [6.07, 6.45) is 3.44. The van der Waals surface area contributed by atoms with Crippen LogP contribution in [0.3, 0.4) is 0 Å². The minimum atomic E-state index is -0.155. The standard InChI is InChI=1S/C17H16BrNO2/c1-21-16-10-13(18)6-8-15(16)17(20)19-14-7-5-11-3-2-4-12(11)9-14/h5-10H,2-4H2,1H3,(H,19,20). The number of carbonyl (C=O) groups is 1. The van der Waals surface area contributed by atoms with E-state index in [0.29, 0.717) is 11.3 Å². The van der Waals surface area contributed by atoms with Crippen molar-refractivity contribution < 1.29 is 9.53 Å². The third-order valence-electron chi connectivity index (χ3n) is 3.76. The molecule has 2 aromatic rings. The molecule has 1 aliphatic carbocycles. The van der Waals surface area contributed by atoms with E-state index >= 15 is 0 Å². The van der Waals surface area contributed by atoms with Crippen LogP contribution in [0, 0.1) is 0 Å². The zero-order valence-corrected chi connectivity index (χ0v) is 13.4. The van der Waals surface area contributed by atoms with Crippen molar-refractivity contribution in [3.05, 3.63) is 57.6 Å². The molecule has 21 heavy (non-hydrogen) atoms. The van der Waals surface area contributed by atoms with Gasteiger partial charge in [0.2, 0.25) is 0 Å². The van der Waals surface area contributed by atoms with Gasteiger partial charge in [-0.3, -0.25) is 4.79 Å². The molecular weight excluding hydrogens is 330 g/mol. The summed E-state index contributed by atoms with van der Waals surface area (Å²) in [5.41, 5.74) is 4.11. The normalized spacial score (nSPS) is 12.9. The number of amides is 1. The van der Waals surface area contributed by atoms with Crippen LogP contribution in [0.15, 0.2) is 40.9 Å². The number of hydrogen-bond acceptors (Lipinski definition) is 2. The van der Waals surface area contributed by atoms with Crippen molar-refractivity contribution in [3.8, 4) is 5.75 Å². The quantitative estimate of drug-likeness (QED) is 0.905. The van der Waals surface area contributed by atoms with Crippen molar-refractivity contribution in [2.45, 2.75) is 19.3 Å². The summed E-state index contributed by atoms with van der Waals surface area (Å²) in [6.45, 7) is 0. The Morgan fingerprint density at radius 1 is 1.14 bits per heavy atom. The summed E-state index contributed by atoms with van der Waals surface area (Å²) in [6, 6.07) is 11.5. The monoisotopic (exact) mass is 345 g/mol. The van der Waals surface area contributed by atoms with Crippen LogP contribution >= 0.6 is 15.9 Å². The molecule has 2 aromatic carbocycles. The molecule has 0 aliphatic heterocycles. The number of hydrogen-bond donors (Lipinski definition) is 1. The van der Waals surface area contributed by atoms with E-state index in [1.54, 1.807) is 19.2 Å². The Labute approximate surface area is 132 Å².